The van der Waals surface area contributed by atoms with Gasteiger partial charge in [-0.25, -0.2) is 4.31 Å². The summed E-state index contributed by atoms with van der Waals surface area (Å²) in [6, 6.07) is 0. The van der Waals surface area contributed by atoms with Crippen molar-refractivity contribution in [3.8, 4) is 0 Å². The largest absolute Gasteiger partial charge is 0.322 e. The van der Waals surface area contributed by atoms with Gasteiger partial charge in [-0.3, -0.25) is 4.99 Å². The first-order valence-electron chi connectivity index (χ1n) is 2.87. The Morgan fingerprint density at radius 3 is 2.73 bits per heavy atom. The van der Waals surface area contributed by atoms with Crippen LogP contribution in [0.3, 0.4) is 0 Å². The summed E-state index contributed by atoms with van der Waals surface area (Å²) in [7, 11) is 2.82. The standard InChI is InChI=1S/C4H7ClN2O2S2/c1-7(11(5,8)9)4-6-2-3-10-4/h2-3H2,1H3. The van der Waals surface area contributed by atoms with Gasteiger partial charge in [-0.1, -0.05) is 11.8 Å². The highest BCUT2D eigenvalue weighted by molar-refractivity contribution is 8.18. The fraction of sp³-hybridized carbons (Fsp3) is 0.750. The number of hydrogen-bond donors (Lipinski definition) is 0. The Morgan fingerprint density at radius 1 is 1.73 bits per heavy atom. The van der Waals surface area contributed by atoms with Crippen LogP contribution in [0.5, 0.6) is 0 Å². The van der Waals surface area contributed by atoms with E-state index in [-0.39, 0.29) is 0 Å². The highest BCUT2D eigenvalue weighted by Gasteiger charge is 2.21. The van der Waals surface area contributed by atoms with Crippen LogP contribution in [0.4, 0.5) is 0 Å². The van der Waals surface area contributed by atoms with E-state index < -0.39 is 9.24 Å². The van der Waals surface area contributed by atoms with Crippen LogP contribution in [-0.2, 0) is 9.24 Å². The summed E-state index contributed by atoms with van der Waals surface area (Å²) in [5.41, 5.74) is 0. The van der Waals surface area contributed by atoms with Crippen molar-refractivity contribution in [3.05, 3.63) is 0 Å². The van der Waals surface area contributed by atoms with Gasteiger partial charge in [0.2, 0.25) is 0 Å². The molecule has 1 heterocycles. The molecule has 0 aliphatic carbocycles. The molecule has 0 aromatic heterocycles. The highest BCUT2D eigenvalue weighted by Crippen LogP contribution is 2.18. The molecule has 0 bridgehead atoms. The molecule has 7 heteroatoms. The third-order valence-electron chi connectivity index (χ3n) is 1.17. The molecule has 0 amide bonds. The van der Waals surface area contributed by atoms with Crippen LogP contribution in [0.1, 0.15) is 0 Å². The Labute approximate surface area is 74.2 Å². The molecule has 4 nitrogen and oxygen atoms in total. The predicted octanol–water partition coefficient (Wildman–Crippen LogP) is 0.505. The predicted molar refractivity (Wildman–Crippen MR) is 47.3 cm³/mol. The Morgan fingerprint density at radius 2 is 2.36 bits per heavy atom. The number of hydrogen-bond acceptors (Lipinski definition) is 4. The summed E-state index contributed by atoms with van der Waals surface area (Å²) in [4.78, 5) is 3.94. The molecule has 0 aromatic rings. The maximum absolute atomic E-state index is 10.7. The monoisotopic (exact) mass is 214 g/mol. The van der Waals surface area contributed by atoms with Gasteiger partial charge in [-0.05, 0) is 0 Å². The van der Waals surface area contributed by atoms with Crippen molar-refractivity contribution in [1.29, 1.82) is 0 Å². The number of nitrogens with zero attached hydrogens (tertiary/aromatic N) is 2. The Bertz CT molecular complexity index is 274. The summed E-state index contributed by atoms with van der Waals surface area (Å²) in [6.45, 7) is 0.663. The van der Waals surface area contributed by atoms with Gasteiger partial charge in [0.05, 0.1) is 6.54 Å². The number of amidine groups is 1. The fourth-order valence-corrected chi connectivity index (χ4v) is 2.35. The SMILES string of the molecule is CN(C1=NCCS1)S(=O)(=O)Cl. The first-order valence-corrected chi connectivity index (χ1v) is 6.13. The van der Waals surface area contributed by atoms with Crippen LogP contribution >= 0.6 is 22.4 Å². The van der Waals surface area contributed by atoms with E-state index in [1.165, 1.54) is 18.8 Å². The molecule has 0 radical (unpaired) electrons. The molecule has 0 spiro atoms. The second kappa shape index (κ2) is 3.20. The van der Waals surface area contributed by atoms with E-state index >= 15 is 0 Å². The van der Waals surface area contributed by atoms with E-state index in [0.29, 0.717) is 11.7 Å². The van der Waals surface area contributed by atoms with Crippen LogP contribution in [0.15, 0.2) is 4.99 Å². The highest BCUT2D eigenvalue weighted by atomic mass is 35.7. The zero-order valence-electron chi connectivity index (χ0n) is 5.82. The summed E-state index contributed by atoms with van der Waals surface area (Å²) >= 11 is 1.39. The Kier molecular flexibility index (Phi) is 2.66. The van der Waals surface area contributed by atoms with E-state index in [9.17, 15) is 8.42 Å². The zero-order valence-corrected chi connectivity index (χ0v) is 8.21. The number of aliphatic imine (C=N–C) groups is 1. The maximum Gasteiger partial charge on any atom is 0.322 e. The van der Waals surface area contributed by atoms with E-state index in [0.717, 1.165) is 10.1 Å². The minimum absolute atomic E-state index is 0.472. The molecule has 0 saturated heterocycles. The summed E-state index contributed by atoms with van der Waals surface area (Å²) in [6.07, 6.45) is 0. The number of rotatable bonds is 1. The van der Waals surface area contributed by atoms with Crippen molar-refractivity contribution in [2.45, 2.75) is 0 Å². The topological polar surface area (TPSA) is 49.7 Å². The van der Waals surface area contributed by atoms with E-state index in [1.54, 1.807) is 0 Å². The number of halogens is 1. The quantitative estimate of drug-likeness (QED) is 0.598. The first kappa shape index (κ1) is 9.15. The van der Waals surface area contributed by atoms with Crippen LogP contribution in [0.2, 0.25) is 0 Å². The lowest BCUT2D eigenvalue weighted by Crippen LogP contribution is -2.26. The number of thioether (sulfide) groups is 1. The van der Waals surface area contributed by atoms with Crippen LogP contribution < -0.4 is 0 Å². The molecule has 0 unspecified atom stereocenters. The van der Waals surface area contributed by atoms with Crippen LogP contribution in [0, 0.1) is 0 Å². The van der Waals surface area contributed by atoms with Gasteiger partial charge >= 0.3 is 9.24 Å². The molecular weight excluding hydrogens is 208 g/mol. The lowest BCUT2D eigenvalue weighted by molar-refractivity contribution is 0.571. The lowest BCUT2D eigenvalue weighted by Gasteiger charge is -2.12. The first-order chi connectivity index (χ1) is 5.02. The molecule has 1 aliphatic heterocycles. The third-order valence-corrected chi connectivity index (χ3v) is 3.78. The molecule has 0 N–H and O–H groups in total. The van der Waals surface area contributed by atoms with E-state index in [1.807, 2.05) is 0 Å². The van der Waals surface area contributed by atoms with Crippen molar-refractivity contribution in [3.63, 3.8) is 0 Å². The minimum atomic E-state index is -3.63. The van der Waals surface area contributed by atoms with Gasteiger partial charge in [0.15, 0.2) is 5.17 Å². The lowest BCUT2D eigenvalue weighted by atomic mass is 10.8. The molecule has 11 heavy (non-hydrogen) atoms. The summed E-state index contributed by atoms with van der Waals surface area (Å²) < 4.78 is 22.4. The zero-order chi connectivity index (χ0) is 8.48. The van der Waals surface area contributed by atoms with Crippen molar-refractivity contribution < 1.29 is 8.42 Å². The summed E-state index contributed by atoms with van der Waals surface area (Å²) in [5.74, 6) is 0.825. The van der Waals surface area contributed by atoms with Crippen molar-refractivity contribution in [1.82, 2.24) is 4.31 Å². The normalized spacial score (nSPS) is 18.2. The molecule has 64 valence electrons. The second-order valence-corrected chi connectivity index (χ2v) is 5.53. The van der Waals surface area contributed by atoms with Crippen molar-refractivity contribution >= 4 is 36.8 Å². The van der Waals surface area contributed by atoms with Gasteiger partial charge < -0.3 is 0 Å². The third kappa shape index (κ3) is 2.25. The van der Waals surface area contributed by atoms with Crippen LogP contribution in [-0.4, -0.2) is 37.2 Å². The van der Waals surface area contributed by atoms with E-state index in [4.69, 9.17) is 10.7 Å². The Hall–Kier alpha value is 0.0600. The Balaban J connectivity index is 2.76. The second-order valence-electron chi connectivity index (χ2n) is 1.92. The van der Waals surface area contributed by atoms with Gasteiger partial charge in [0, 0.05) is 23.5 Å². The smallest absolute Gasteiger partial charge is 0.261 e. The fourth-order valence-electron chi connectivity index (χ4n) is 0.608. The molecule has 0 atom stereocenters. The average molecular weight is 215 g/mol. The van der Waals surface area contributed by atoms with Gasteiger partial charge in [-0.2, -0.15) is 8.42 Å². The van der Waals surface area contributed by atoms with E-state index in [2.05, 4.69) is 4.99 Å². The molecule has 1 rings (SSSR count). The average Bonchev–Trinajstić information content (AvgIpc) is 2.34. The minimum Gasteiger partial charge on any atom is -0.261 e. The van der Waals surface area contributed by atoms with Crippen molar-refractivity contribution in [2.75, 3.05) is 19.3 Å². The van der Waals surface area contributed by atoms with Crippen LogP contribution in [0.25, 0.3) is 0 Å². The maximum atomic E-state index is 10.7. The van der Waals surface area contributed by atoms with Crippen molar-refractivity contribution in [2.24, 2.45) is 4.99 Å². The summed E-state index contributed by atoms with van der Waals surface area (Å²) in [5, 5.41) is 0.472. The molecular formula is C4H7ClN2O2S2. The molecule has 0 fully saturated rings. The van der Waals surface area contributed by atoms with Gasteiger partial charge in [0.25, 0.3) is 0 Å². The van der Waals surface area contributed by atoms with Gasteiger partial charge in [-0.15, -0.1) is 0 Å². The van der Waals surface area contributed by atoms with Gasteiger partial charge in [0.1, 0.15) is 0 Å². The molecule has 0 aromatic carbocycles. The molecule has 0 saturated carbocycles. The molecule has 1 aliphatic rings.